The van der Waals surface area contributed by atoms with E-state index < -0.39 is 0 Å². The van der Waals surface area contributed by atoms with Crippen LogP contribution in [-0.4, -0.2) is 29.9 Å². The van der Waals surface area contributed by atoms with Crippen LogP contribution in [-0.2, 0) is 0 Å². The normalized spacial score (nSPS) is 11.4. The van der Waals surface area contributed by atoms with Gasteiger partial charge in [-0.1, -0.05) is 370 Å². The van der Waals surface area contributed by atoms with Crippen LogP contribution in [0.15, 0.2) is 388 Å². The minimum atomic E-state index is 0.569. The van der Waals surface area contributed by atoms with E-state index in [1.807, 2.05) is 30.3 Å². The molecule has 0 unspecified atom stereocenters. The molecule has 0 amide bonds. The first kappa shape index (κ1) is 62.8. The highest BCUT2D eigenvalue weighted by Crippen LogP contribution is 2.48. The molecule has 0 aliphatic heterocycles. The Morgan fingerprint density at radius 1 is 0.113 bits per heavy atom. The van der Waals surface area contributed by atoms with Crippen LogP contribution in [0.4, 0.5) is 0 Å². The molecule has 19 rings (SSSR count). The zero-order valence-corrected chi connectivity index (χ0v) is 57.6. The molecule has 0 fully saturated rings. The second kappa shape index (κ2) is 27.3. The highest BCUT2D eigenvalue weighted by Gasteiger charge is 2.24. The van der Waals surface area contributed by atoms with Gasteiger partial charge in [-0.15, -0.1) is 0 Å². The molecule has 0 spiro atoms. The first-order chi connectivity index (χ1) is 52.6. The molecule has 106 heavy (non-hydrogen) atoms. The molecule has 0 atom stereocenters. The largest absolute Gasteiger partial charge is 0.208 e. The van der Waals surface area contributed by atoms with E-state index in [-0.39, 0.29) is 0 Å². The summed E-state index contributed by atoms with van der Waals surface area (Å²) in [5.41, 5.74) is 23.1. The standard InChI is InChI=1S/C100H64N6/c1-6-28-65(29-7-1)66-52-56-71(57-53-66)92-83-46-20-23-49-86(83)94(76-39-27-41-78(63-76)97-101-95(72-36-14-5-15-37-72)103-99(105-97)88-50-24-16-42-79(88)68-30-8-2-9-31-68)90-64-74(60-61-87(90)92)67-54-58-73(59-55-67)96-102-98(106-100(104-96)89-51-25-17-43-80(89)69-32-10-3-11-33-69)77-40-26-38-75(62-77)93-84-47-21-18-44-81(84)91(70-34-12-4-13-35-70)82-45-19-22-48-85(82)93/h1-64H. The maximum atomic E-state index is 5.44. The maximum absolute atomic E-state index is 5.44. The molecule has 2 aromatic heterocycles. The van der Waals surface area contributed by atoms with Crippen LogP contribution in [0.5, 0.6) is 0 Å². The molecule has 6 heteroatoms. The fourth-order valence-electron chi connectivity index (χ4n) is 15.4. The predicted octanol–water partition coefficient (Wildman–Crippen LogP) is 26.0. The molecule has 0 saturated heterocycles. The van der Waals surface area contributed by atoms with E-state index in [2.05, 4.69) is 358 Å². The molecule has 17 aromatic carbocycles. The van der Waals surface area contributed by atoms with Crippen molar-refractivity contribution in [1.82, 2.24) is 29.9 Å². The van der Waals surface area contributed by atoms with Crippen molar-refractivity contribution in [3.05, 3.63) is 388 Å². The van der Waals surface area contributed by atoms with Crippen molar-refractivity contribution >= 4 is 43.1 Å². The zero-order valence-electron chi connectivity index (χ0n) is 57.6. The monoisotopic (exact) mass is 1350 g/mol. The van der Waals surface area contributed by atoms with Crippen molar-refractivity contribution in [1.29, 1.82) is 0 Å². The van der Waals surface area contributed by atoms with Gasteiger partial charge in [0.1, 0.15) is 0 Å². The van der Waals surface area contributed by atoms with E-state index in [1.165, 1.54) is 43.8 Å². The van der Waals surface area contributed by atoms with Crippen LogP contribution in [0.25, 0.3) is 200 Å². The second-order valence-corrected chi connectivity index (χ2v) is 26.7. The molecule has 0 aliphatic carbocycles. The number of hydrogen-bond acceptors (Lipinski definition) is 6. The first-order valence-electron chi connectivity index (χ1n) is 35.9. The number of hydrogen-bond donors (Lipinski definition) is 0. The van der Waals surface area contributed by atoms with E-state index in [9.17, 15) is 0 Å². The summed E-state index contributed by atoms with van der Waals surface area (Å²) in [5, 5.41) is 9.27. The fraction of sp³-hybridized carbons (Fsp3) is 0. The van der Waals surface area contributed by atoms with E-state index >= 15 is 0 Å². The highest BCUT2D eigenvalue weighted by atomic mass is 15.0. The van der Waals surface area contributed by atoms with E-state index in [4.69, 9.17) is 29.9 Å². The average molecular weight is 1350 g/mol. The van der Waals surface area contributed by atoms with Crippen LogP contribution in [0.1, 0.15) is 0 Å². The molecule has 19 aromatic rings. The number of fused-ring (bicyclic) bond motifs is 4. The van der Waals surface area contributed by atoms with Gasteiger partial charge in [0.25, 0.3) is 0 Å². The van der Waals surface area contributed by atoms with Crippen LogP contribution >= 0.6 is 0 Å². The van der Waals surface area contributed by atoms with Gasteiger partial charge in [0, 0.05) is 33.4 Å². The molecule has 0 bridgehead atoms. The summed E-state index contributed by atoms with van der Waals surface area (Å²) >= 11 is 0. The quantitative estimate of drug-likeness (QED) is 0.101. The van der Waals surface area contributed by atoms with Crippen molar-refractivity contribution in [3.8, 4) is 157 Å². The summed E-state index contributed by atoms with van der Waals surface area (Å²) in [5.74, 6) is 3.51. The molecule has 0 saturated carbocycles. The topological polar surface area (TPSA) is 77.3 Å². The summed E-state index contributed by atoms with van der Waals surface area (Å²) in [4.78, 5) is 32.2. The van der Waals surface area contributed by atoms with Crippen LogP contribution < -0.4 is 0 Å². The molecule has 494 valence electrons. The van der Waals surface area contributed by atoms with E-state index in [1.54, 1.807) is 0 Å². The lowest BCUT2D eigenvalue weighted by molar-refractivity contribution is 1.07. The summed E-state index contributed by atoms with van der Waals surface area (Å²) in [6.45, 7) is 0. The fourth-order valence-corrected chi connectivity index (χ4v) is 15.4. The lowest BCUT2D eigenvalue weighted by Gasteiger charge is -2.19. The predicted molar refractivity (Wildman–Crippen MR) is 439 cm³/mol. The van der Waals surface area contributed by atoms with Gasteiger partial charge in [0.2, 0.25) is 0 Å². The molecule has 2 heterocycles. The van der Waals surface area contributed by atoms with Crippen molar-refractivity contribution in [2.24, 2.45) is 0 Å². The van der Waals surface area contributed by atoms with Crippen molar-refractivity contribution in [2.45, 2.75) is 0 Å². The SMILES string of the molecule is c1ccc(-c2ccc(-c3c4ccccc4c(-c4cccc(-c5nc(-c6ccccc6)nc(-c6ccccc6-c6ccccc6)n5)c4)c4cc(-c5ccc(-c6nc(-c7cccc(-c8c9ccccc9c(-c9ccccc9)c9ccccc89)c7)nc(-c7ccccc7-c7ccccc7)n6)cc5)ccc34)cc2)cc1. The van der Waals surface area contributed by atoms with Gasteiger partial charge in [0.05, 0.1) is 0 Å². The van der Waals surface area contributed by atoms with Gasteiger partial charge in [-0.3, -0.25) is 0 Å². The van der Waals surface area contributed by atoms with Gasteiger partial charge < -0.3 is 0 Å². The van der Waals surface area contributed by atoms with Crippen LogP contribution in [0.3, 0.4) is 0 Å². The van der Waals surface area contributed by atoms with Crippen molar-refractivity contribution in [2.75, 3.05) is 0 Å². The Morgan fingerprint density at radius 2 is 0.349 bits per heavy atom. The first-order valence-corrected chi connectivity index (χ1v) is 35.9. The minimum Gasteiger partial charge on any atom is -0.208 e. The average Bonchev–Trinajstić information content (AvgIpc) is 0.737. The Bertz CT molecular complexity index is 6470. The Hall–Kier alpha value is -14.2. The molecule has 0 N–H and O–H groups in total. The number of aromatic nitrogens is 6. The van der Waals surface area contributed by atoms with Gasteiger partial charge in [-0.05, 0) is 150 Å². The third-order valence-electron chi connectivity index (χ3n) is 20.4. The Labute approximate surface area is 614 Å². The second-order valence-electron chi connectivity index (χ2n) is 26.7. The molecule has 0 aliphatic rings. The summed E-state index contributed by atoms with van der Waals surface area (Å²) in [6, 6.07) is 138. The molecule has 0 radical (unpaired) electrons. The summed E-state index contributed by atoms with van der Waals surface area (Å²) < 4.78 is 0. The number of nitrogens with zero attached hydrogens (tertiary/aromatic N) is 6. The molecular weight excluding hydrogens is 1290 g/mol. The van der Waals surface area contributed by atoms with Crippen LogP contribution in [0.2, 0.25) is 0 Å². The number of rotatable bonds is 14. The van der Waals surface area contributed by atoms with Gasteiger partial charge in [-0.25, -0.2) is 29.9 Å². The lowest BCUT2D eigenvalue weighted by Crippen LogP contribution is -2.01. The van der Waals surface area contributed by atoms with E-state index in [0.29, 0.717) is 34.9 Å². The third kappa shape index (κ3) is 11.7. The minimum absolute atomic E-state index is 0.569. The highest BCUT2D eigenvalue weighted by molar-refractivity contribution is 6.23. The third-order valence-corrected chi connectivity index (χ3v) is 20.4. The van der Waals surface area contributed by atoms with Crippen LogP contribution in [0, 0.1) is 0 Å². The van der Waals surface area contributed by atoms with E-state index in [0.717, 1.165) is 122 Å². The Balaban J connectivity index is 0.761. The van der Waals surface area contributed by atoms with Gasteiger partial charge in [-0.2, -0.15) is 0 Å². The molecular formula is C100H64N6. The van der Waals surface area contributed by atoms with Gasteiger partial charge >= 0.3 is 0 Å². The Morgan fingerprint density at radius 3 is 0.774 bits per heavy atom. The number of benzene rings is 17. The zero-order chi connectivity index (χ0) is 70.3. The summed E-state index contributed by atoms with van der Waals surface area (Å²) in [7, 11) is 0. The Kier molecular flexibility index (Phi) is 16.2. The van der Waals surface area contributed by atoms with Crippen molar-refractivity contribution in [3.63, 3.8) is 0 Å². The summed E-state index contributed by atoms with van der Waals surface area (Å²) in [6.07, 6.45) is 0. The lowest BCUT2D eigenvalue weighted by atomic mass is 9.84. The maximum Gasteiger partial charge on any atom is 0.164 e. The van der Waals surface area contributed by atoms with Crippen molar-refractivity contribution < 1.29 is 0 Å². The van der Waals surface area contributed by atoms with Gasteiger partial charge in [0.15, 0.2) is 34.9 Å². The smallest absolute Gasteiger partial charge is 0.164 e. The molecule has 6 nitrogen and oxygen atoms in total.